The van der Waals surface area contributed by atoms with Crippen LogP contribution in [-0.2, 0) is 20.9 Å². The molecule has 31 heavy (non-hydrogen) atoms. The number of hydrogen-bond acceptors (Lipinski definition) is 3. The summed E-state index contributed by atoms with van der Waals surface area (Å²) < 4.78 is 12.5. The Kier molecular flexibility index (Phi) is 6.38. The highest BCUT2D eigenvalue weighted by Crippen LogP contribution is 2.43. The number of allylic oxidation sites excluding steroid dienone is 4. The highest BCUT2D eigenvalue weighted by atomic mass is 16.5. The third-order valence-electron chi connectivity index (χ3n) is 6.88. The molecule has 4 heteroatoms. The van der Waals surface area contributed by atoms with Crippen LogP contribution in [0.5, 0.6) is 0 Å². The SMILES string of the molecule is CC1(C)C=CC2=C(C=C1)OC1CC(C)(CCOCc3ccccc3)CCCC1C(=O)N2. The van der Waals surface area contributed by atoms with Crippen molar-refractivity contribution in [3.05, 3.63) is 71.7 Å². The average molecular weight is 422 g/mol. The van der Waals surface area contributed by atoms with Crippen molar-refractivity contribution in [3.63, 3.8) is 0 Å². The van der Waals surface area contributed by atoms with Crippen LogP contribution < -0.4 is 5.32 Å². The summed E-state index contributed by atoms with van der Waals surface area (Å²) in [4.78, 5) is 13.1. The molecule has 1 aromatic carbocycles. The van der Waals surface area contributed by atoms with Crippen LogP contribution >= 0.6 is 0 Å². The topological polar surface area (TPSA) is 47.6 Å². The molecule has 0 radical (unpaired) electrons. The van der Waals surface area contributed by atoms with Gasteiger partial charge in [-0.05, 0) is 48.8 Å². The highest BCUT2D eigenvalue weighted by molar-refractivity contribution is 5.82. The zero-order chi connectivity index (χ0) is 21.9. The van der Waals surface area contributed by atoms with Crippen LogP contribution in [0.1, 0.15) is 58.4 Å². The molecule has 1 saturated carbocycles. The molecule has 0 spiro atoms. The van der Waals surface area contributed by atoms with Gasteiger partial charge >= 0.3 is 0 Å². The lowest BCUT2D eigenvalue weighted by atomic mass is 9.78. The van der Waals surface area contributed by atoms with E-state index in [2.05, 4.69) is 50.4 Å². The zero-order valence-electron chi connectivity index (χ0n) is 19.0. The molecule has 1 aromatic rings. The number of carbonyl (C=O) groups is 1. The first kappa shape index (κ1) is 21.9. The van der Waals surface area contributed by atoms with Gasteiger partial charge in [0.2, 0.25) is 5.91 Å². The Balaban J connectivity index is 1.43. The van der Waals surface area contributed by atoms with Gasteiger partial charge in [-0.25, -0.2) is 0 Å². The number of benzene rings is 1. The van der Waals surface area contributed by atoms with E-state index in [4.69, 9.17) is 9.47 Å². The maximum absolute atomic E-state index is 13.1. The third kappa shape index (κ3) is 5.48. The fraction of sp³-hybridized carbons (Fsp3) is 0.519. The summed E-state index contributed by atoms with van der Waals surface area (Å²) in [6, 6.07) is 10.3. The van der Waals surface area contributed by atoms with Crippen molar-refractivity contribution in [3.8, 4) is 0 Å². The fourth-order valence-electron chi connectivity index (χ4n) is 4.81. The van der Waals surface area contributed by atoms with Gasteiger partial charge < -0.3 is 14.8 Å². The van der Waals surface area contributed by atoms with E-state index in [1.165, 1.54) is 5.56 Å². The molecule has 4 rings (SSSR count). The third-order valence-corrected chi connectivity index (χ3v) is 6.88. The van der Waals surface area contributed by atoms with E-state index in [-0.39, 0.29) is 28.8 Å². The first-order valence-corrected chi connectivity index (χ1v) is 11.6. The summed E-state index contributed by atoms with van der Waals surface area (Å²) in [7, 11) is 0. The second-order valence-corrected chi connectivity index (χ2v) is 10.2. The minimum atomic E-state index is -0.103. The molecule has 1 aliphatic heterocycles. The molecule has 3 unspecified atom stereocenters. The van der Waals surface area contributed by atoms with E-state index in [1.807, 2.05) is 30.4 Å². The first-order valence-electron chi connectivity index (χ1n) is 11.6. The average Bonchev–Trinajstić information content (AvgIpc) is 3.04. The monoisotopic (exact) mass is 421 g/mol. The van der Waals surface area contributed by atoms with Crippen LogP contribution in [0.2, 0.25) is 0 Å². The van der Waals surface area contributed by atoms with Crippen LogP contribution in [0.25, 0.3) is 0 Å². The van der Waals surface area contributed by atoms with Gasteiger partial charge in [-0.1, -0.05) is 69.7 Å². The van der Waals surface area contributed by atoms with Crippen LogP contribution in [-0.4, -0.2) is 18.6 Å². The van der Waals surface area contributed by atoms with E-state index in [9.17, 15) is 4.79 Å². The van der Waals surface area contributed by atoms with E-state index in [0.717, 1.165) is 50.2 Å². The number of amides is 1. The van der Waals surface area contributed by atoms with Crippen LogP contribution in [0.15, 0.2) is 66.1 Å². The predicted molar refractivity (Wildman–Crippen MR) is 123 cm³/mol. The molecule has 0 aromatic heterocycles. The lowest BCUT2D eigenvalue weighted by molar-refractivity contribution is -0.127. The summed E-state index contributed by atoms with van der Waals surface area (Å²) in [5.41, 5.74) is 2.03. The summed E-state index contributed by atoms with van der Waals surface area (Å²) in [5.74, 6) is 0.776. The van der Waals surface area contributed by atoms with Gasteiger partial charge in [0.05, 0.1) is 18.2 Å². The van der Waals surface area contributed by atoms with Gasteiger partial charge in [0, 0.05) is 12.0 Å². The normalized spacial score (nSPS) is 29.7. The molecule has 0 bridgehead atoms. The predicted octanol–water partition coefficient (Wildman–Crippen LogP) is 5.67. The minimum absolute atomic E-state index is 0.0618. The molecule has 1 amide bonds. The molecule has 3 atom stereocenters. The maximum Gasteiger partial charge on any atom is 0.231 e. The smallest absolute Gasteiger partial charge is 0.231 e. The van der Waals surface area contributed by atoms with Gasteiger partial charge in [-0.15, -0.1) is 0 Å². The van der Waals surface area contributed by atoms with Crippen molar-refractivity contribution in [2.24, 2.45) is 16.7 Å². The van der Waals surface area contributed by atoms with Crippen LogP contribution in [0.4, 0.5) is 0 Å². The lowest BCUT2D eigenvalue weighted by Crippen LogP contribution is -2.36. The Morgan fingerprint density at radius 2 is 1.90 bits per heavy atom. The molecular formula is C27H35NO3. The lowest BCUT2D eigenvalue weighted by Gasteiger charge is -2.32. The summed E-state index contributed by atoms with van der Waals surface area (Å²) in [5, 5.41) is 3.14. The molecule has 166 valence electrons. The van der Waals surface area contributed by atoms with Gasteiger partial charge in [0.1, 0.15) is 11.9 Å². The van der Waals surface area contributed by atoms with Crippen molar-refractivity contribution >= 4 is 5.91 Å². The van der Waals surface area contributed by atoms with E-state index in [1.54, 1.807) is 0 Å². The molecule has 3 aliphatic rings. The van der Waals surface area contributed by atoms with Gasteiger partial charge in [-0.3, -0.25) is 4.79 Å². The molecule has 2 aliphatic carbocycles. The second-order valence-electron chi connectivity index (χ2n) is 10.2. The molecule has 1 N–H and O–H groups in total. The van der Waals surface area contributed by atoms with Crippen molar-refractivity contribution in [2.45, 2.75) is 65.6 Å². The van der Waals surface area contributed by atoms with Crippen molar-refractivity contribution < 1.29 is 14.3 Å². The number of rotatable bonds is 5. The Labute approximate surface area is 186 Å². The number of carbonyl (C=O) groups excluding carboxylic acids is 1. The van der Waals surface area contributed by atoms with Gasteiger partial charge in [0.25, 0.3) is 0 Å². The molecule has 1 fully saturated rings. The number of nitrogens with one attached hydrogen (secondary N) is 1. The van der Waals surface area contributed by atoms with E-state index >= 15 is 0 Å². The Morgan fingerprint density at radius 1 is 1.13 bits per heavy atom. The van der Waals surface area contributed by atoms with E-state index < -0.39 is 0 Å². The second kappa shape index (κ2) is 9.04. The highest BCUT2D eigenvalue weighted by Gasteiger charge is 2.41. The van der Waals surface area contributed by atoms with Crippen molar-refractivity contribution in [2.75, 3.05) is 6.61 Å². The summed E-state index contributed by atoms with van der Waals surface area (Å²) in [6.07, 6.45) is 13.0. The Bertz CT molecular complexity index is 883. The number of ether oxygens (including phenoxy) is 2. The van der Waals surface area contributed by atoms with Crippen LogP contribution in [0, 0.1) is 16.7 Å². The quantitative estimate of drug-likeness (QED) is 0.623. The largest absolute Gasteiger partial charge is 0.487 e. The number of hydrogen-bond donors (Lipinski definition) is 1. The number of fused-ring (bicyclic) bond motifs is 1. The first-order chi connectivity index (χ1) is 14.8. The fourth-order valence-corrected chi connectivity index (χ4v) is 4.81. The molecule has 1 heterocycles. The Morgan fingerprint density at radius 3 is 2.71 bits per heavy atom. The zero-order valence-corrected chi connectivity index (χ0v) is 19.0. The van der Waals surface area contributed by atoms with Crippen molar-refractivity contribution in [1.82, 2.24) is 5.32 Å². The van der Waals surface area contributed by atoms with Gasteiger partial charge in [0.15, 0.2) is 0 Å². The molecule has 0 saturated heterocycles. The van der Waals surface area contributed by atoms with Crippen LogP contribution in [0.3, 0.4) is 0 Å². The van der Waals surface area contributed by atoms with Gasteiger partial charge in [-0.2, -0.15) is 0 Å². The minimum Gasteiger partial charge on any atom is -0.487 e. The standard InChI is InChI=1S/C27H35NO3/c1-26(2)14-11-22-23(12-15-26)31-24-18-27(3,13-7-10-21(24)25(29)28-22)16-17-30-19-20-8-5-4-6-9-20/h4-6,8-9,11-12,14-15,21,24H,7,10,13,16-19H2,1-3H3,(H,28,29). The molecular weight excluding hydrogens is 386 g/mol. The van der Waals surface area contributed by atoms with E-state index in [0.29, 0.717) is 6.61 Å². The Hall–Kier alpha value is -2.33. The maximum atomic E-state index is 13.1. The molecule has 4 nitrogen and oxygen atoms in total. The van der Waals surface area contributed by atoms with Crippen molar-refractivity contribution in [1.29, 1.82) is 0 Å². The summed E-state index contributed by atoms with van der Waals surface area (Å²) >= 11 is 0. The summed E-state index contributed by atoms with van der Waals surface area (Å²) in [6.45, 7) is 7.99.